The summed E-state index contributed by atoms with van der Waals surface area (Å²) in [6.07, 6.45) is 7.17. The molecule has 0 aliphatic carbocycles. The van der Waals surface area contributed by atoms with Gasteiger partial charge >= 0.3 is 0 Å². The number of hydrogen-bond donors (Lipinski definition) is 1. The molecule has 0 radical (unpaired) electrons. The summed E-state index contributed by atoms with van der Waals surface area (Å²) in [5.74, 6) is 0. The molecule has 0 N–H and O–H groups in total. The molecule has 136 valence electrons. The van der Waals surface area contributed by atoms with Crippen LogP contribution in [0.15, 0.2) is 53.7 Å². The van der Waals surface area contributed by atoms with Gasteiger partial charge in [-0.2, -0.15) is 5.26 Å². The van der Waals surface area contributed by atoms with Crippen LogP contribution in [0.4, 0.5) is 5.69 Å². The Morgan fingerprint density at radius 3 is 2.37 bits per heavy atom. The van der Waals surface area contributed by atoms with Crippen molar-refractivity contribution < 1.29 is 0 Å². The lowest BCUT2D eigenvalue weighted by Crippen LogP contribution is -2.29. The zero-order valence-corrected chi connectivity index (χ0v) is 16.3. The van der Waals surface area contributed by atoms with Crippen molar-refractivity contribution >= 4 is 18.3 Å². The largest absolute Gasteiger partial charge is 0.372 e. The maximum Gasteiger partial charge on any atom is 0.102 e. The fraction of sp³-hybridized carbons (Fsp3) is 0.273. The Balaban J connectivity index is 1.68. The van der Waals surface area contributed by atoms with Crippen molar-refractivity contribution in [2.75, 3.05) is 18.0 Å². The molecule has 4 nitrogen and oxygen atoms in total. The molecule has 1 aliphatic rings. The Morgan fingerprint density at radius 1 is 0.963 bits per heavy atom. The third-order valence-corrected chi connectivity index (χ3v) is 5.65. The van der Waals surface area contributed by atoms with Crippen molar-refractivity contribution in [3.05, 3.63) is 54.4 Å². The second-order valence-electron chi connectivity index (χ2n) is 6.95. The lowest BCUT2D eigenvalue weighted by Gasteiger charge is -2.28. The summed E-state index contributed by atoms with van der Waals surface area (Å²) in [6, 6.07) is 15.2. The standard InChI is InChI=1S/C22H22N4S/c1-25-19(9-10-20(25)22-17(13-23)14-24-15-21(22)27)16-5-7-18(8-6-16)26-11-3-2-4-12-26/h5-10,14-15,27H,2-4,11-12H2,1H3. The first-order valence-electron chi connectivity index (χ1n) is 9.27. The zero-order chi connectivity index (χ0) is 18.8. The molecule has 1 fully saturated rings. The van der Waals surface area contributed by atoms with Crippen molar-refractivity contribution in [1.82, 2.24) is 9.55 Å². The molecule has 0 spiro atoms. The van der Waals surface area contributed by atoms with Gasteiger partial charge in [-0.1, -0.05) is 12.1 Å². The summed E-state index contributed by atoms with van der Waals surface area (Å²) < 4.78 is 2.12. The van der Waals surface area contributed by atoms with E-state index in [0.717, 1.165) is 35.6 Å². The molecule has 1 saturated heterocycles. The second kappa shape index (κ2) is 7.50. The second-order valence-corrected chi connectivity index (χ2v) is 7.43. The van der Waals surface area contributed by atoms with E-state index in [0.29, 0.717) is 10.5 Å². The van der Waals surface area contributed by atoms with Crippen LogP contribution in [0.3, 0.4) is 0 Å². The number of piperidine rings is 1. The Morgan fingerprint density at radius 2 is 1.67 bits per heavy atom. The topological polar surface area (TPSA) is 44.9 Å². The normalized spacial score (nSPS) is 14.2. The molecule has 5 heteroatoms. The van der Waals surface area contributed by atoms with Crippen LogP contribution in [-0.4, -0.2) is 22.6 Å². The molecular formula is C22H22N4S. The third-order valence-electron chi connectivity index (χ3n) is 5.31. The first kappa shape index (κ1) is 17.7. The van der Waals surface area contributed by atoms with Crippen LogP contribution < -0.4 is 4.90 Å². The van der Waals surface area contributed by atoms with E-state index in [1.54, 1.807) is 12.4 Å². The van der Waals surface area contributed by atoms with Crippen molar-refractivity contribution in [3.8, 4) is 28.6 Å². The highest BCUT2D eigenvalue weighted by Crippen LogP contribution is 2.34. The van der Waals surface area contributed by atoms with Crippen LogP contribution >= 0.6 is 12.6 Å². The van der Waals surface area contributed by atoms with E-state index in [1.165, 1.54) is 24.9 Å². The van der Waals surface area contributed by atoms with Crippen molar-refractivity contribution in [3.63, 3.8) is 0 Å². The van der Waals surface area contributed by atoms with E-state index in [4.69, 9.17) is 0 Å². The number of nitrogens with zero attached hydrogens (tertiary/aromatic N) is 4. The van der Waals surface area contributed by atoms with Gasteiger partial charge in [0.2, 0.25) is 0 Å². The summed E-state index contributed by atoms with van der Waals surface area (Å²) in [5, 5.41) is 9.44. The SMILES string of the molecule is Cn1c(-c2ccc(N3CCCCC3)cc2)ccc1-c1c(S)cncc1C#N. The maximum absolute atomic E-state index is 9.44. The third kappa shape index (κ3) is 3.33. The van der Waals surface area contributed by atoms with Gasteiger partial charge in [0.15, 0.2) is 0 Å². The highest BCUT2D eigenvalue weighted by atomic mass is 32.1. The maximum atomic E-state index is 9.44. The molecular weight excluding hydrogens is 352 g/mol. The van der Waals surface area contributed by atoms with Gasteiger partial charge in [0, 0.05) is 54.4 Å². The van der Waals surface area contributed by atoms with E-state index in [-0.39, 0.29) is 0 Å². The van der Waals surface area contributed by atoms with Crippen LogP contribution in [0.1, 0.15) is 24.8 Å². The van der Waals surface area contributed by atoms with Gasteiger partial charge in [0.1, 0.15) is 6.07 Å². The minimum absolute atomic E-state index is 0.538. The molecule has 3 aromatic rings. The van der Waals surface area contributed by atoms with Gasteiger partial charge < -0.3 is 9.47 Å². The van der Waals surface area contributed by atoms with Gasteiger partial charge in [0.25, 0.3) is 0 Å². The van der Waals surface area contributed by atoms with Crippen LogP contribution in [0, 0.1) is 11.3 Å². The Bertz CT molecular complexity index is 992. The molecule has 1 aromatic carbocycles. The molecule has 2 aromatic heterocycles. The number of aromatic nitrogens is 2. The minimum Gasteiger partial charge on any atom is -0.372 e. The molecule has 27 heavy (non-hydrogen) atoms. The van der Waals surface area contributed by atoms with Gasteiger partial charge in [-0.05, 0) is 49.1 Å². The fourth-order valence-corrected chi connectivity index (χ4v) is 4.15. The van der Waals surface area contributed by atoms with Crippen LogP contribution in [-0.2, 0) is 7.05 Å². The molecule has 0 atom stereocenters. The van der Waals surface area contributed by atoms with E-state index < -0.39 is 0 Å². The number of hydrogen-bond acceptors (Lipinski definition) is 4. The highest BCUT2D eigenvalue weighted by Gasteiger charge is 2.16. The van der Waals surface area contributed by atoms with Crippen molar-refractivity contribution in [2.45, 2.75) is 24.2 Å². The number of pyridine rings is 1. The molecule has 4 rings (SSSR count). The van der Waals surface area contributed by atoms with Gasteiger partial charge in [-0.25, -0.2) is 0 Å². The molecule has 0 saturated carbocycles. The summed E-state index contributed by atoms with van der Waals surface area (Å²) in [4.78, 5) is 7.25. The van der Waals surface area contributed by atoms with E-state index in [1.807, 2.05) is 13.1 Å². The number of thiol groups is 1. The number of anilines is 1. The summed E-state index contributed by atoms with van der Waals surface area (Å²) in [5.41, 5.74) is 5.91. The number of nitriles is 1. The zero-order valence-electron chi connectivity index (χ0n) is 15.4. The van der Waals surface area contributed by atoms with E-state index in [2.05, 4.69) is 63.5 Å². The Kier molecular flexibility index (Phi) is 4.91. The minimum atomic E-state index is 0.538. The van der Waals surface area contributed by atoms with Crippen molar-refractivity contribution in [1.29, 1.82) is 5.26 Å². The number of benzene rings is 1. The first-order chi connectivity index (χ1) is 13.2. The molecule has 0 amide bonds. The Labute approximate surface area is 165 Å². The summed E-state index contributed by atoms with van der Waals surface area (Å²) in [6.45, 7) is 2.30. The molecule has 1 aliphatic heterocycles. The number of rotatable bonds is 3. The van der Waals surface area contributed by atoms with E-state index in [9.17, 15) is 5.26 Å². The monoisotopic (exact) mass is 374 g/mol. The summed E-state index contributed by atoms with van der Waals surface area (Å²) in [7, 11) is 2.03. The first-order valence-corrected chi connectivity index (χ1v) is 9.72. The molecule has 0 unspecified atom stereocenters. The average molecular weight is 375 g/mol. The van der Waals surface area contributed by atoms with Gasteiger partial charge in [0.05, 0.1) is 11.3 Å². The fourth-order valence-electron chi connectivity index (χ4n) is 3.85. The molecule has 0 bridgehead atoms. The lowest BCUT2D eigenvalue weighted by atomic mass is 10.1. The smallest absolute Gasteiger partial charge is 0.102 e. The highest BCUT2D eigenvalue weighted by molar-refractivity contribution is 7.80. The van der Waals surface area contributed by atoms with Crippen molar-refractivity contribution in [2.24, 2.45) is 7.05 Å². The van der Waals surface area contributed by atoms with Crippen LogP contribution in [0.5, 0.6) is 0 Å². The predicted octanol–water partition coefficient (Wildman–Crippen LogP) is 4.90. The lowest BCUT2D eigenvalue weighted by molar-refractivity contribution is 0.578. The quantitative estimate of drug-likeness (QED) is 0.663. The average Bonchev–Trinajstić information content (AvgIpc) is 3.09. The van der Waals surface area contributed by atoms with Crippen LogP contribution in [0.25, 0.3) is 22.5 Å². The van der Waals surface area contributed by atoms with Gasteiger partial charge in [-0.15, -0.1) is 12.6 Å². The molecule has 3 heterocycles. The van der Waals surface area contributed by atoms with Crippen LogP contribution in [0.2, 0.25) is 0 Å². The Hall–Kier alpha value is -2.71. The summed E-state index contributed by atoms with van der Waals surface area (Å²) >= 11 is 4.52. The predicted molar refractivity (Wildman–Crippen MR) is 112 cm³/mol. The van der Waals surface area contributed by atoms with E-state index >= 15 is 0 Å². The van der Waals surface area contributed by atoms with Gasteiger partial charge in [-0.3, -0.25) is 4.98 Å².